The van der Waals surface area contributed by atoms with Crippen molar-refractivity contribution in [1.82, 2.24) is 4.90 Å². The van der Waals surface area contributed by atoms with Crippen molar-refractivity contribution < 1.29 is 9.18 Å². The predicted octanol–water partition coefficient (Wildman–Crippen LogP) is 4.60. The van der Waals surface area contributed by atoms with Gasteiger partial charge >= 0.3 is 0 Å². The summed E-state index contributed by atoms with van der Waals surface area (Å²) in [7, 11) is 0. The van der Waals surface area contributed by atoms with Gasteiger partial charge in [0.1, 0.15) is 5.82 Å². The van der Waals surface area contributed by atoms with E-state index in [1.165, 1.54) is 11.8 Å². The highest BCUT2D eigenvalue weighted by atomic mass is 35.5. The molecule has 148 valence electrons. The molecule has 0 unspecified atom stereocenters. The number of halogens is 2. The number of nitrogens with zero attached hydrogens (tertiary/aromatic N) is 2. The maximum atomic E-state index is 13.9. The average Bonchev–Trinajstić information content (AvgIpc) is 2.71. The third-order valence-corrected chi connectivity index (χ3v) is 5.71. The molecule has 2 aromatic rings. The fourth-order valence-electron chi connectivity index (χ4n) is 4.00. The Morgan fingerprint density at radius 2 is 1.79 bits per heavy atom. The van der Waals surface area contributed by atoms with E-state index in [-0.39, 0.29) is 24.0 Å². The number of rotatable bonds is 3. The molecular formula is C23H26ClFN2O. The van der Waals surface area contributed by atoms with Gasteiger partial charge in [0, 0.05) is 48.6 Å². The number of carbonyl (C=O) groups is 1. The van der Waals surface area contributed by atoms with Gasteiger partial charge in [-0.25, -0.2) is 4.39 Å². The molecule has 5 heteroatoms. The molecule has 4 rings (SSSR count). The first-order valence-electron chi connectivity index (χ1n) is 9.75. The average molecular weight is 401 g/mol. The van der Waals surface area contributed by atoms with E-state index in [0.717, 1.165) is 50.3 Å². The maximum absolute atomic E-state index is 13.9. The molecule has 0 amide bonds. The van der Waals surface area contributed by atoms with Gasteiger partial charge in [0.05, 0.1) is 0 Å². The lowest BCUT2D eigenvalue weighted by molar-refractivity contribution is 0.102. The minimum absolute atomic E-state index is 0. The molecule has 1 aliphatic heterocycles. The number of allylic oxidation sites excluding steroid dienone is 1. The lowest BCUT2D eigenvalue weighted by Crippen LogP contribution is -2.46. The number of piperazine rings is 1. The van der Waals surface area contributed by atoms with Gasteiger partial charge in [-0.1, -0.05) is 25.1 Å². The summed E-state index contributed by atoms with van der Waals surface area (Å²) in [6.45, 7) is 7.53. The van der Waals surface area contributed by atoms with Gasteiger partial charge in [-0.05, 0) is 55.3 Å². The molecule has 2 aliphatic rings. The fourth-order valence-corrected chi connectivity index (χ4v) is 4.00. The van der Waals surface area contributed by atoms with Crippen LogP contribution in [0.2, 0.25) is 0 Å². The van der Waals surface area contributed by atoms with Crippen molar-refractivity contribution in [3.05, 3.63) is 70.5 Å². The van der Waals surface area contributed by atoms with Crippen LogP contribution in [0.25, 0.3) is 6.08 Å². The topological polar surface area (TPSA) is 23.6 Å². The van der Waals surface area contributed by atoms with Gasteiger partial charge in [0.15, 0.2) is 5.78 Å². The van der Waals surface area contributed by atoms with Crippen molar-refractivity contribution in [2.45, 2.75) is 19.8 Å². The monoisotopic (exact) mass is 400 g/mol. The highest BCUT2D eigenvalue weighted by Gasteiger charge is 2.24. The minimum atomic E-state index is -0.287. The Morgan fingerprint density at radius 1 is 1.04 bits per heavy atom. The molecule has 2 aromatic carbocycles. The fraction of sp³-hybridized carbons (Fsp3) is 0.348. The van der Waals surface area contributed by atoms with Gasteiger partial charge in [-0.3, -0.25) is 4.79 Å². The summed E-state index contributed by atoms with van der Waals surface area (Å²) in [4.78, 5) is 17.8. The molecule has 0 spiro atoms. The standard InChI is InChI=1S/C23H25FN2O.ClH/c1-2-25-11-13-26(14-12-25)20-9-10-21-17(16-20)7-8-19(23(21)27)15-18-5-3-4-6-22(18)24;/h3-6,9-10,15-16H,2,7-8,11-14H2,1H3;1H/b19-15+;. The number of ketones is 1. The van der Waals surface area contributed by atoms with Crippen molar-refractivity contribution in [3.8, 4) is 0 Å². The second-order valence-corrected chi connectivity index (χ2v) is 7.28. The largest absolute Gasteiger partial charge is 0.369 e. The van der Waals surface area contributed by atoms with Crippen LogP contribution in [0.15, 0.2) is 48.0 Å². The van der Waals surface area contributed by atoms with Crippen LogP contribution < -0.4 is 4.90 Å². The summed E-state index contributed by atoms with van der Waals surface area (Å²) in [5.74, 6) is -0.257. The number of anilines is 1. The quantitative estimate of drug-likeness (QED) is 0.703. The second kappa shape index (κ2) is 8.89. The van der Waals surface area contributed by atoms with E-state index >= 15 is 0 Å². The van der Waals surface area contributed by atoms with Crippen molar-refractivity contribution in [2.75, 3.05) is 37.6 Å². The highest BCUT2D eigenvalue weighted by Crippen LogP contribution is 2.30. The summed E-state index contributed by atoms with van der Waals surface area (Å²) in [5, 5.41) is 0. The van der Waals surface area contributed by atoms with Crippen LogP contribution in [-0.2, 0) is 6.42 Å². The number of carbonyl (C=O) groups excluding carboxylic acids is 1. The van der Waals surface area contributed by atoms with Gasteiger partial charge in [-0.15, -0.1) is 12.4 Å². The van der Waals surface area contributed by atoms with E-state index in [2.05, 4.69) is 28.9 Å². The summed E-state index contributed by atoms with van der Waals surface area (Å²) in [6.07, 6.45) is 3.19. The molecule has 1 heterocycles. The third kappa shape index (κ3) is 4.13. The van der Waals surface area contributed by atoms with E-state index in [9.17, 15) is 9.18 Å². The Kier molecular flexibility index (Phi) is 6.53. The first-order chi connectivity index (χ1) is 13.2. The number of fused-ring (bicyclic) bond motifs is 1. The number of likely N-dealkylation sites (N-methyl/N-ethyl adjacent to an activating group) is 1. The Balaban J connectivity index is 0.00000225. The second-order valence-electron chi connectivity index (χ2n) is 7.28. The highest BCUT2D eigenvalue weighted by molar-refractivity contribution is 6.13. The van der Waals surface area contributed by atoms with E-state index < -0.39 is 0 Å². The first-order valence-corrected chi connectivity index (χ1v) is 9.75. The van der Waals surface area contributed by atoms with Crippen LogP contribution in [0.1, 0.15) is 34.8 Å². The zero-order chi connectivity index (χ0) is 18.8. The van der Waals surface area contributed by atoms with E-state index in [1.54, 1.807) is 24.3 Å². The zero-order valence-corrected chi connectivity index (χ0v) is 17.0. The molecule has 3 nitrogen and oxygen atoms in total. The van der Waals surface area contributed by atoms with Crippen molar-refractivity contribution in [2.24, 2.45) is 0 Å². The van der Waals surface area contributed by atoms with Crippen molar-refractivity contribution >= 4 is 30.0 Å². The van der Waals surface area contributed by atoms with Crippen LogP contribution in [0.4, 0.5) is 10.1 Å². The summed E-state index contributed by atoms with van der Waals surface area (Å²) >= 11 is 0. The molecule has 28 heavy (non-hydrogen) atoms. The van der Waals surface area contributed by atoms with Gasteiger partial charge in [0.2, 0.25) is 0 Å². The Bertz CT molecular complexity index is 888. The number of hydrogen-bond acceptors (Lipinski definition) is 3. The van der Waals surface area contributed by atoms with E-state index in [1.807, 2.05) is 6.07 Å². The van der Waals surface area contributed by atoms with E-state index in [4.69, 9.17) is 0 Å². The van der Waals surface area contributed by atoms with Crippen LogP contribution in [0, 0.1) is 5.82 Å². The molecule has 0 N–H and O–H groups in total. The molecule has 1 saturated heterocycles. The van der Waals surface area contributed by atoms with Gasteiger partial charge in [-0.2, -0.15) is 0 Å². The summed E-state index contributed by atoms with van der Waals surface area (Å²) in [6, 6.07) is 12.8. The molecule has 0 bridgehead atoms. The molecular weight excluding hydrogens is 375 g/mol. The molecule has 0 atom stereocenters. The maximum Gasteiger partial charge on any atom is 0.189 e. The number of Topliss-reactive ketones (excluding diaryl/α,β-unsaturated/α-hetero) is 1. The molecule has 1 aliphatic carbocycles. The van der Waals surface area contributed by atoms with Crippen molar-refractivity contribution in [1.29, 1.82) is 0 Å². The van der Waals surface area contributed by atoms with E-state index in [0.29, 0.717) is 17.6 Å². The van der Waals surface area contributed by atoms with Gasteiger partial charge < -0.3 is 9.80 Å². The lowest BCUT2D eigenvalue weighted by Gasteiger charge is -2.36. The van der Waals surface area contributed by atoms with Crippen molar-refractivity contribution in [3.63, 3.8) is 0 Å². The predicted molar refractivity (Wildman–Crippen MR) is 115 cm³/mol. The molecule has 0 aromatic heterocycles. The number of hydrogen-bond donors (Lipinski definition) is 0. The van der Waals surface area contributed by atoms with Crippen LogP contribution in [0.3, 0.4) is 0 Å². The van der Waals surface area contributed by atoms with Gasteiger partial charge in [0.25, 0.3) is 0 Å². The zero-order valence-electron chi connectivity index (χ0n) is 16.2. The lowest BCUT2D eigenvalue weighted by atomic mass is 9.85. The molecule has 0 saturated carbocycles. The number of aryl methyl sites for hydroxylation is 1. The molecule has 0 radical (unpaired) electrons. The number of benzene rings is 2. The Labute approximate surface area is 172 Å². The Morgan fingerprint density at radius 3 is 2.50 bits per heavy atom. The smallest absolute Gasteiger partial charge is 0.189 e. The SMILES string of the molecule is CCN1CCN(c2ccc3c(c2)CC/C(=C\c2ccccc2F)C3=O)CC1.Cl. The third-order valence-electron chi connectivity index (χ3n) is 5.71. The van der Waals surface area contributed by atoms with Crippen LogP contribution in [0.5, 0.6) is 0 Å². The first kappa shape index (κ1) is 20.6. The van der Waals surface area contributed by atoms with Crippen LogP contribution >= 0.6 is 12.4 Å². The Hall–Kier alpha value is -2.17. The summed E-state index contributed by atoms with van der Waals surface area (Å²) in [5.41, 5.74) is 4.26. The van der Waals surface area contributed by atoms with Crippen LogP contribution in [-0.4, -0.2) is 43.4 Å². The minimum Gasteiger partial charge on any atom is -0.369 e. The summed E-state index contributed by atoms with van der Waals surface area (Å²) < 4.78 is 13.9. The molecule has 1 fully saturated rings. The normalized spacial score (nSPS) is 18.7.